The first kappa shape index (κ1) is 15.4. The largest absolute Gasteiger partial charge is 0.505 e. The van der Waals surface area contributed by atoms with Gasteiger partial charge in [-0.2, -0.15) is 0 Å². The van der Waals surface area contributed by atoms with Gasteiger partial charge in [0.15, 0.2) is 15.9 Å². The van der Waals surface area contributed by atoms with Crippen LogP contribution in [0.4, 0.5) is 5.82 Å². The van der Waals surface area contributed by atoms with E-state index < -0.39 is 10.0 Å². The number of nitrogens with zero attached hydrogens (tertiary/aromatic N) is 2. The molecule has 0 saturated carbocycles. The van der Waals surface area contributed by atoms with Crippen molar-refractivity contribution in [2.45, 2.75) is 11.3 Å². The highest BCUT2D eigenvalue weighted by Crippen LogP contribution is 2.45. The number of benzene rings is 1. The molecule has 0 spiro atoms. The molecule has 1 aromatic heterocycles. The van der Waals surface area contributed by atoms with E-state index in [2.05, 4.69) is 4.98 Å². The summed E-state index contributed by atoms with van der Waals surface area (Å²) in [5.41, 5.74) is 1.30. The number of aromatic nitrogens is 1. The molecule has 0 bridgehead atoms. The summed E-state index contributed by atoms with van der Waals surface area (Å²) in [6.07, 6.45) is 1.86. The fourth-order valence-corrected chi connectivity index (χ4v) is 5.47. The van der Waals surface area contributed by atoms with E-state index in [9.17, 15) is 13.5 Å². The van der Waals surface area contributed by atoms with E-state index in [1.165, 1.54) is 30.1 Å². The molecule has 1 N–H and O–H groups in total. The highest BCUT2D eigenvalue weighted by Gasteiger charge is 2.39. The van der Waals surface area contributed by atoms with Crippen LogP contribution in [0.1, 0.15) is 16.0 Å². The van der Waals surface area contributed by atoms with Crippen LogP contribution in [0.2, 0.25) is 0 Å². The molecule has 5 nitrogen and oxygen atoms in total. The zero-order chi connectivity index (χ0) is 16.1. The number of hydrogen-bond donors (Lipinski definition) is 1. The normalized spacial score (nSPS) is 16.8. The van der Waals surface area contributed by atoms with E-state index in [0.29, 0.717) is 14.8 Å². The molecule has 0 amide bonds. The maximum absolute atomic E-state index is 12.8. The second-order valence-electron chi connectivity index (χ2n) is 4.80. The number of thiazole rings is 1. The third-order valence-corrected chi connectivity index (χ3v) is 7.36. The van der Waals surface area contributed by atoms with Gasteiger partial charge in [-0.15, -0.1) is 11.3 Å². The summed E-state index contributed by atoms with van der Waals surface area (Å²) >= 11 is 2.71. The van der Waals surface area contributed by atoms with Crippen molar-refractivity contribution in [2.75, 3.05) is 17.6 Å². The molecule has 0 saturated heterocycles. The first-order chi connectivity index (χ1) is 10.4. The molecule has 3 rings (SSSR count). The highest BCUT2D eigenvalue weighted by molar-refractivity contribution is 8.02. The van der Waals surface area contributed by atoms with Crippen LogP contribution in [-0.2, 0) is 10.0 Å². The summed E-state index contributed by atoms with van der Waals surface area (Å²) in [4.78, 5) is 4.71. The van der Waals surface area contributed by atoms with E-state index >= 15 is 0 Å². The Hall–Kier alpha value is -1.51. The fraction of sp³-hybridized carbons (Fsp3) is 0.214. The Morgan fingerprint density at radius 3 is 2.64 bits per heavy atom. The van der Waals surface area contributed by atoms with Gasteiger partial charge in [0.05, 0.1) is 0 Å². The number of anilines is 1. The molecule has 2 aromatic rings. The maximum atomic E-state index is 12.8. The van der Waals surface area contributed by atoms with Crippen molar-refractivity contribution in [3.05, 3.63) is 40.3 Å². The fourth-order valence-electron chi connectivity index (χ4n) is 2.32. The second-order valence-corrected chi connectivity index (χ2v) is 8.76. The van der Waals surface area contributed by atoms with Crippen molar-refractivity contribution < 1.29 is 13.5 Å². The quantitative estimate of drug-likeness (QED) is 0.838. The van der Waals surface area contributed by atoms with Crippen molar-refractivity contribution in [3.63, 3.8) is 0 Å². The molecule has 8 heteroatoms. The van der Waals surface area contributed by atoms with Crippen LogP contribution in [0.15, 0.2) is 28.6 Å². The monoisotopic (exact) mass is 354 g/mol. The third-order valence-electron chi connectivity index (χ3n) is 3.50. The van der Waals surface area contributed by atoms with Crippen LogP contribution >= 0.6 is 23.1 Å². The van der Waals surface area contributed by atoms with Crippen LogP contribution in [0.25, 0.3) is 10.7 Å². The van der Waals surface area contributed by atoms with E-state index in [1.54, 1.807) is 12.1 Å². The van der Waals surface area contributed by atoms with Gasteiger partial charge in [0, 0.05) is 12.6 Å². The van der Waals surface area contributed by atoms with Gasteiger partial charge in [0.2, 0.25) is 0 Å². The second kappa shape index (κ2) is 5.29. The summed E-state index contributed by atoms with van der Waals surface area (Å²) in [7, 11) is -2.38. The average molecular weight is 354 g/mol. The number of aliphatic hydroxyl groups is 1. The molecule has 2 heterocycles. The zero-order valence-electron chi connectivity index (χ0n) is 12.2. The van der Waals surface area contributed by atoms with Crippen molar-refractivity contribution in [1.29, 1.82) is 0 Å². The van der Waals surface area contributed by atoms with Gasteiger partial charge in [0.1, 0.15) is 9.78 Å². The van der Waals surface area contributed by atoms with Gasteiger partial charge in [-0.1, -0.05) is 36.0 Å². The Kier molecular flexibility index (Phi) is 3.70. The lowest BCUT2D eigenvalue weighted by atomic mass is 10.1. The molecule has 22 heavy (non-hydrogen) atoms. The average Bonchev–Trinajstić information content (AvgIpc) is 2.92. The first-order valence-corrected chi connectivity index (χ1v) is 9.89. The summed E-state index contributed by atoms with van der Waals surface area (Å²) in [5.74, 6) is 0.0596. The van der Waals surface area contributed by atoms with Crippen molar-refractivity contribution in [1.82, 2.24) is 4.98 Å². The number of aryl methyl sites for hydroxylation is 1. The Labute approximate surface area is 137 Å². The minimum Gasteiger partial charge on any atom is -0.505 e. The van der Waals surface area contributed by atoms with Crippen molar-refractivity contribution in [3.8, 4) is 0 Å². The Morgan fingerprint density at radius 1 is 1.32 bits per heavy atom. The molecule has 0 radical (unpaired) electrons. The molecule has 0 fully saturated rings. The number of hydrogen-bond acceptors (Lipinski definition) is 6. The highest BCUT2D eigenvalue weighted by atomic mass is 32.2. The topological polar surface area (TPSA) is 70.5 Å². The summed E-state index contributed by atoms with van der Waals surface area (Å²) in [6, 6.07) is 7.11. The van der Waals surface area contributed by atoms with Gasteiger partial charge in [-0.05, 0) is 18.7 Å². The molecule has 1 aliphatic rings. The number of thioether (sulfide) groups is 1. The first-order valence-electron chi connectivity index (χ1n) is 6.41. The van der Waals surface area contributed by atoms with Crippen LogP contribution < -0.4 is 4.31 Å². The maximum Gasteiger partial charge on any atom is 0.269 e. The predicted molar refractivity (Wildman–Crippen MR) is 91.8 cm³/mol. The molecular formula is C14H14N2O3S3. The predicted octanol–water partition coefficient (Wildman–Crippen LogP) is 3.34. The van der Waals surface area contributed by atoms with E-state index in [4.69, 9.17) is 0 Å². The minimum absolute atomic E-state index is 0.0584. The summed E-state index contributed by atoms with van der Waals surface area (Å²) < 4.78 is 27.5. The number of aliphatic hydroxyl groups excluding tert-OH is 1. The zero-order valence-corrected chi connectivity index (χ0v) is 14.6. The van der Waals surface area contributed by atoms with Gasteiger partial charge < -0.3 is 5.11 Å². The smallest absolute Gasteiger partial charge is 0.269 e. The van der Waals surface area contributed by atoms with Gasteiger partial charge in [-0.3, -0.25) is 4.31 Å². The number of rotatable bonds is 2. The van der Waals surface area contributed by atoms with Gasteiger partial charge in [-0.25, -0.2) is 13.4 Å². The Morgan fingerprint density at radius 2 is 2.00 bits per heavy atom. The molecule has 1 aliphatic heterocycles. The van der Waals surface area contributed by atoms with E-state index in [1.807, 2.05) is 25.3 Å². The van der Waals surface area contributed by atoms with Crippen LogP contribution in [0.3, 0.4) is 0 Å². The minimum atomic E-state index is -3.84. The van der Waals surface area contributed by atoms with Crippen LogP contribution in [0.5, 0.6) is 0 Å². The SMILES string of the molecule is CSc1nc2c(s1)C(O)=C(c1ccccc1C)S(=O)(=O)N2C. The van der Waals surface area contributed by atoms with Gasteiger partial charge in [0.25, 0.3) is 10.0 Å². The molecular weight excluding hydrogens is 340 g/mol. The molecule has 1 aromatic carbocycles. The van der Waals surface area contributed by atoms with Crippen LogP contribution in [-0.4, -0.2) is 31.8 Å². The third kappa shape index (κ3) is 2.13. The number of fused-ring (bicyclic) bond motifs is 1. The van der Waals surface area contributed by atoms with E-state index in [0.717, 1.165) is 9.87 Å². The van der Waals surface area contributed by atoms with Crippen molar-refractivity contribution >= 4 is 49.6 Å². The van der Waals surface area contributed by atoms with Gasteiger partial charge >= 0.3 is 0 Å². The van der Waals surface area contributed by atoms with Crippen molar-refractivity contribution in [2.24, 2.45) is 0 Å². The molecule has 0 atom stereocenters. The lowest BCUT2D eigenvalue weighted by Gasteiger charge is -2.26. The van der Waals surface area contributed by atoms with E-state index in [-0.39, 0.29) is 16.5 Å². The molecule has 0 unspecified atom stereocenters. The molecule has 116 valence electrons. The Balaban J connectivity index is 2.36. The van der Waals surface area contributed by atoms with Crippen LogP contribution in [0, 0.1) is 6.92 Å². The molecule has 0 aliphatic carbocycles. The summed E-state index contributed by atoms with van der Waals surface area (Å²) in [6.45, 7) is 1.82. The lowest BCUT2D eigenvalue weighted by Crippen LogP contribution is -2.31. The Bertz CT molecular complexity index is 884. The summed E-state index contributed by atoms with van der Waals surface area (Å²) in [5, 5.41) is 10.6. The standard InChI is InChI=1S/C14H14N2O3S3/c1-8-6-4-5-7-9(8)12-10(17)11-13(15-14(20-3)21-11)16(2)22(12,18)19/h4-7,17H,1-3H3. The number of sulfonamides is 1. The lowest BCUT2D eigenvalue weighted by molar-refractivity contribution is 0.515.